The highest BCUT2D eigenvalue weighted by molar-refractivity contribution is 5.89. The standard InChI is InChI=1S/C18H26N4O3/c23-17(11-15-10-13-1-2-14(15)9-13)19-16-3-4-22(20-16)12-18(24)21-5-7-25-8-6-21/h3-4,13-15H,1-2,5-12H2,(H,19,20,23)/t13-,14-,15+/m0/s1. The number of aromatic nitrogens is 2. The lowest BCUT2D eigenvalue weighted by Crippen LogP contribution is -2.42. The van der Waals surface area contributed by atoms with Gasteiger partial charge in [-0.25, -0.2) is 0 Å². The van der Waals surface area contributed by atoms with Crippen LogP contribution in [0, 0.1) is 17.8 Å². The van der Waals surface area contributed by atoms with Crippen LogP contribution in [-0.4, -0.2) is 52.8 Å². The van der Waals surface area contributed by atoms with Gasteiger partial charge in [0, 0.05) is 31.8 Å². The molecule has 0 radical (unpaired) electrons. The molecule has 3 aliphatic rings. The fraction of sp³-hybridized carbons (Fsp3) is 0.722. The molecular formula is C18H26N4O3. The third-order valence-corrected chi connectivity index (χ3v) is 5.90. The van der Waals surface area contributed by atoms with Crippen LogP contribution in [0.15, 0.2) is 12.3 Å². The van der Waals surface area contributed by atoms with Crippen molar-refractivity contribution in [2.24, 2.45) is 17.8 Å². The van der Waals surface area contributed by atoms with Gasteiger partial charge >= 0.3 is 0 Å². The van der Waals surface area contributed by atoms with E-state index in [9.17, 15) is 9.59 Å². The normalized spacial score (nSPS) is 28.3. The number of nitrogens with one attached hydrogen (secondary N) is 1. The largest absolute Gasteiger partial charge is 0.378 e. The Labute approximate surface area is 147 Å². The van der Waals surface area contributed by atoms with Gasteiger partial charge in [0.1, 0.15) is 6.54 Å². The molecule has 1 saturated heterocycles. The van der Waals surface area contributed by atoms with E-state index in [1.165, 1.54) is 25.7 Å². The van der Waals surface area contributed by atoms with Gasteiger partial charge in [-0.1, -0.05) is 6.42 Å². The number of hydrogen-bond acceptors (Lipinski definition) is 4. The Morgan fingerprint density at radius 3 is 2.80 bits per heavy atom. The number of fused-ring (bicyclic) bond motifs is 2. The lowest BCUT2D eigenvalue weighted by Gasteiger charge is -2.26. The molecule has 2 aliphatic carbocycles. The van der Waals surface area contributed by atoms with Crippen LogP contribution in [0.1, 0.15) is 32.1 Å². The third-order valence-electron chi connectivity index (χ3n) is 5.90. The molecular weight excluding hydrogens is 320 g/mol. The molecule has 7 heteroatoms. The monoisotopic (exact) mass is 346 g/mol. The zero-order valence-electron chi connectivity index (χ0n) is 14.5. The molecule has 2 bridgehead atoms. The maximum absolute atomic E-state index is 12.3. The lowest BCUT2D eigenvalue weighted by molar-refractivity contribution is -0.136. The van der Waals surface area contributed by atoms with Crippen LogP contribution in [0.4, 0.5) is 5.82 Å². The van der Waals surface area contributed by atoms with Crippen LogP contribution in [-0.2, 0) is 20.9 Å². The minimum Gasteiger partial charge on any atom is -0.378 e. The summed E-state index contributed by atoms with van der Waals surface area (Å²) in [6, 6.07) is 1.76. The van der Waals surface area contributed by atoms with Crippen molar-refractivity contribution in [2.45, 2.75) is 38.6 Å². The second-order valence-electron chi connectivity index (χ2n) is 7.58. The van der Waals surface area contributed by atoms with E-state index in [1.54, 1.807) is 21.8 Å². The molecule has 7 nitrogen and oxygen atoms in total. The molecule has 0 unspecified atom stereocenters. The summed E-state index contributed by atoms with van der Waals surface area (Å²) >= 11 is 0. The highest BCUT2D eigenvalue weighted by atomic mass is 16.5. The van der Waals surface area contributed by atoms with Crippen LogP contribution in [0.5, 0.6) is 0 Å². The molecule has 1 N–H and O–H groups in total. The van der Waals surface area contributed by atoms with E-state index in [0.717, 1.165) is 11.8 Å². The first-order chi connectivity index (χ1) is 12.2. The highest BCUT2D eigenvalue weighted by Crippen LogP contribution is 2.49. The number of morpholine rings is 1. The maximum atomic E-state index is 12.3. The molecule has 3 fully saturated rings. The average molecular weight is 346 g/mol. The predicted octanol–water partition coefficient (Wildman–Crippen LogP) is 1.51. The summed E-state index contributed by atoms with van der Waals surface area (Å²) in [5, 5.41) is 7.20. The van der Waals surface area contributed by atoms with E-state index in [0.29, 0.717) is 44.5 Å². The molecule has 4 rings (SSSR count). The molecule has 2 amide bonds. The van der Waals surface area contributed by atoms with E-state index in [-0.39, 0.29) is 18.4 Å². The second kappa shape index (κ2) is 7.15. The number of carbonyl (C=O) groups excluding carboxylic acids is 2. The number of nitrogens with zero attached hydrogens (tertiary/aromatic N) is 3. The zero-order valence-corrected chi connectivity index (χ0v) is 14.5. The summed E-state index contributed by atoms with van der Waals surface area (Å²) in [4.78, 5) is 26.3. The second-order valence-corrected chi connectivity index (χ2v) is 7.58. The molecule has 1 aliphatic heterocycles. The molecule has 1 aromatic heterocycles. The number of ether oxygens (including phenoxy) is 1. The van der Waals surface area contributed by atoms with Crippen LogP contribution < -0.4 is 5.32 Å². The Kier molecular flexibility index (Phi) is 4.74. The Morgan fingerprint density at radius 2 is 2.08 bits per heavy atom. The maximum Gasteiger partial charge on any atom is 0.244 e. The van der Waals surface area contributed by atoms with Gasteiger partial charge < -0.3 is 15.0 Å². The minimum absolute atomic E-state index is 0.0336. The van der Waals surface area contributed by atoms with E-state index in [2.05, 4.69) is 10.4 Å². The van der Waals surface area contributed by atoms with E-state index >= 15 is 0 Å². The van der Waals surface area contributed by atoms with Gasteiger partial charge in [0.25, 0.3) is 0 Å². The van der Waals surface area contributed by atoms with E-state index in [1.807, 2.05) is 0 Å². The SMILES string of the molecule is O=C(C[C@H]1C[C@H]2CC[C@H]1C2)Nc1ccn(CC(=O)N2CCOCC2)n1. The molecule has 2 heterocycles. The van der Waals surface area contributed by atoms with Crippen LogP contribution >= 0.6 is 0 Å². The molecule has 25 heavy (non-hydrogen) atoms. The van der Waals surface area contributed by atoms with Crippen LogP contribution in [0.2, 0.25) is 0 Å². The molecule has 1 aromatic rings. The summed E-state index contributed by atoms with van der Waals surface area (Å²) < 4.78 is 6.85. The van der Waals surface area contributed by atoms with Crippen molar-refractivity contribution in [3.05, 3.63) is 12.3 Å². The summed E-state index contributed by atoms with van der Waals surface area (Å²) in [6.07, 6.45) is 7.51. The molecule has 0 aromatic carbocycles. The Balaban J connectivity index is 1.26. The molecule has 0 spiro atoms. The quantitative estimate of drug-likeness (QED) is 0.877. The number of carbonyl (C=O) groups is 2. The van der Waals surface area contributed by atoms with Crippen molar-refractivity contribution in [2.75, 3.05) is 31.6 Å². The highest BCUT2D eigenvalue weighted by Gasteiger charge is 2.40. The van der Waals surface area contributed by atoms with Crippen molar-refractivity contribution in [3.8, 4) is 0 Å². The summed E-state index contributed by atoms with van der Waals surface area (Å²) in [5.74, 6) is 2.76. The summed E-state index contributed by atoms with van der Waals surface area (Å²) in [7, 11) is 0. The summed E-state index contributed by atoms with van der Waals surface area (Å²) in [6.45, 7) is 2.65. The van der Waals surface area contributed by atoms with Gasteiger partial charge in [-0.2, -0.15) is 5.10 Å². The van der Waals surface area contributed by atoms with Crippen molar-refractivity contribution >= 4 is 17.6 Å². The number of hydrogen-bond donors (Lipinski definition) is 1. The third kappa shape index (κ3) is 3.86. The van der Waals surface area contributed by atoms with Crippen molar-refractivity contribution in [1.29, 1.82) is 0 Å². The predicted molar refractivity (Wildman–Crippen MR) is 91.8 cm³/mol. The van der Waals surface area contributed by atoms with Crippen LogP contribution in [0.3, 0.4) is 0 Å². The topological polar surface area (TPSA) is 76.5 Å². The zero-order chi connectivity index (χ0) is 17.2. The number of amides is 2. The first kappa shape index (κ1) is 16.6. The van der Waals surface area contributed by atoms with E-state index < -0.39 is 0 Å². The lowest BCUT2D eigenvalue weighted by atomic mass is 9.86. The van der Waals surface area contributed by atoms with Gasteiger partial charge in [0.15, 0.2) is 5.82 Å². The Hall–Kier alpha value is -1.89. The van der Waals surface area contributed by atoms with Gasteiger partial charge in [-0.05, 0) is 37.0 Å². The molecule has 2 saturated carbocycles. The first-order valence-electron chi connectivity index (χ1n) is 9.36. The van der Waals surface area contributed by atoms with Crippen molar-refractivity contribution in [3.63, 3.8) is 0 Å². The van der Waals surface area contributed by atoms with Gasteiger partial charge in [-0.3, -0.25) is 14.3 Å². The minimum atomic E-state index is 0.0336. The number of rotatable bonds is 5. The Morgan fingerprint density at radius 1 is 1.24 bits per heavy atom. The fourth-order valence-electron chi connectivity index (χ4n) is 4.63. The van der Waals surface area contributed by atoms with Crippen LogP contribution in [0.25, 0.3) is 0 Å². The van der Waals surface area contributed by atoms with Crippen molar-refractivity contribution < 1.29 is 14.3 Å². The summed E-state index contributed by atoms with van der Waals surface area (Å²) in [5.41, 5.74) is 0. The smallest absolute Gasteiger partial charge is 0.244 e. The van der Waals surface area contributed by atoms with Crippen molar-refractivity contribution in [1.82, 2.24) is 14.7 Å². The average Bonchev–Trinajstić information content (AvgIpc) is 3.33. The van der Waals surface area contributed by atoms with E-state index in [4.69, 9.17) is 4.74 Å². The molecule has 3 atom stereocenters. The number of anilines is 1. The van der Waals surface area contributed by atoms with Gasteiger partial charge in [-0.15, -0.1) is 0 Å². The van der Waals surface area contributed by atoms with Gasteiger partial charge in [0.05, 0.1) is 13.2 Å². The fourth-order valence-corrected chi connectivity index (χ4v) is 4.63. The first-order valence-corrected chi connectivity index (χ1v) is 9.36. The Bertz CT molecular complexity index is 638. The van der Waals surface area contributed by atoms with Gasteiger partial charge in [0.2, 0.25) is 11.8 Å². The molecule has 136 valence electrons.